The molecule has 68 valence electrons. The minimum Gasteiger partial charge on any atom is -0.371 e. The standard InChI is InChI=1S/C10H9ClFN/c1-3-7(2)13-10-6-8(12)4-5-9(10)11/h1,4-7,13H,2H3. The molecule has 1 nitrogen and oxygen atoms in total. The van der Waals surface area contributed by atoms with Crippen LogP contribution in [0.2, 0.25) is 5.02 Å². The highest BCUT2D eigenvalue weighted by Gasteiger charge is 2.03. The first-order valence-electron chi connectivity index (χ1n) is 3.81. The van der Waals surface area contributed by atoms with Gasteiger partial charge in [0.1, 0.15) is 5.82 Å². The van der Waals surface area contributed by atoms with Crippen molar-refractivity contribution in [1.82, 2.24) is 0 Å². The fourth-order valence-corrected chi connectivity index (χ4v) is 1.06. The van der Waals surface area contributed by atoms with E-state index in [0.29, 0.717) is 10.7 Å². The number of terminal acetylenes is 1. The minimum absolute atomic E-state index is 0.167. The number of rotatable bonds is 2. The molecule has 13 heavy (non-hydrogen) atoms. The van der Waals surface area contributed by atoms with E-state index >= 15 is 0 Å². The van der Waals surface area contributed by atoms with Crippen molar-refractivity contribution in [2.24, 2.45) is 0 Å². The van der Waals surface area contributed by atoms with Gasteiger partial charge in [-0.05, 0) is 25.1 Å². The molecular formula is C10H9ClFN. The zero-order chi connectivity index (χ0) is 9.84. The number of benzene rings is 1. The van der Waals surface area contributed by atoms with Gasteiger partial charge in [-0.15, -0.1) is 6.42 Å². The summed E-state index contributed by atoms with van der Waals surface area (Å²) in [5.74, 6) is 2.13. The highest BCUT2D eigenvalue weighted by molar-refractivity contribution is 6.33. The lowest BCUT2D eigenvalue weighted by atomic mass is 10.2. The molecule has 1 rings (SSSR count). The van der Waals surface area contributed by atoms with Crippen LogP contribution in [0.15, 0.2) is 18.2 Å². The van der Waals surface area contributed by atoms with Gasteiger partial charge in [0.15, 0.2) is 0 Å². The topological polar surface area (TPSA) is 12.0 Å². The lowest BCUT2D eigenvalue weighted by molar-refractivity contribution is 0.628. The van der Waals surface area contributed by atoms with Gasteiger partial charge in [0.05, 0.1) is 16.8 Å². The molecule has 0 aromatic heterocycles. The zero-order valence-corrected chi connectivity index (χ0v) is 7.90. The fraction of sp³-hybridized carbons (Fsp3) is 0.200. The van der Waals surface area contributed by atoms with Gasteiger partial charge in [0, 0.05) is 0 Å². The number of nitrogens with one attached hydrogen (secondary N) is 1. The van der Waals surface area contributed by atoms with Crippen molar-refractivity contribution >= 4 is 17.3 Å². The Morgan fingerprint density at radius 1 is 1.62 bits per heavy atom. The molecular weight excluding hydrogens is 189 g/mol. The Morgan fingerprint density at radius 2 is 2.31 bits per heavy atom. The van der Waals surface area contributed by atoms with E-state index in [4.69, 9.17) is 18.0 Å². The van der Waals surface area contributed by atoms with Gasteiger partial charge < -0.3 is 5.32 Å². The van der Waals surface area contributed by atoms with Crippen LogP contribution in [0.5, 0.6) is 0 Å². The second-order valence-electron chi connectivity index (χ2n) is 2.66. The predicted octanol–water partition coefficient (Wildman–Crippen LogP) is 2.91. The van der Waals surface area contributed by atoms with Gasteiger partial charge in [-0.3, -0.25) is 0 Å². The summed E-state index contributed by atoms with van der Waals surface area (Å²) in [6, 6.07) is 3.94. The Hall–Kier alpha value is -1.20. The van der Waals surface area contributed by atoms with Gasteiger partial charge in [0.2, 0.25) is 0 Å². The van der Waals surface area contributed by atoms with Gasteiger partial charge in [-0.25, -0.2) is 4.39 Å². The molecule has 3 heteroatoms. The highest BCUT2D eigenvalue weighted by Crippen LogP contribution is 2.22. The second-order valence-corrected chi connectivity index (χ2v) is 3.06. The first kappa shape index (κ1) is 9.88. The maximum Gasteiger partial charge on any atom is 0.125 e. The third-order valence-electron chi connectivity index (χ3n) is 1.55. The van der Waals surface area contributed by atoms with Crippen LogP contribution < -0.4 is 5.32 Å². The smallest absolute Gasteiger partial charge is 0.125 e. The SMILES string of the molecule is C#CC(C)Nc1cc(F)ccc1Cl. The van der Waals surface area contributed by atoms with Crippen LogP contribution in [0.4, 0.5) is 10.1 Å². The quantitative estimate of drug-likeness (QED) is 0.719. The van der Waals surface area contributed by atoms with Crippen LogP contribution in [0.25, 0.3) is 0 Å². The average Bonchev–Trinajstić information content (AvgIpc) is 2.11. The van der Waals surface area contributed by atoms with E-state index in [0.717, 1.165) is 0 Å². The largest absolute Gasteiger partial charge is 0.371 e. The molecule has 0 amide bonds. The summed E-state index contributed by atoms with van der Waals surface area (Å²) in [6.45, 7) is 1.79. The molecule has 0 saturated carbocycles. The van der Waals surface area contributed by atoms with E-state index in [-0.39, 0.29) is 11.9 Å². The predicted molar refractivity (Wildman–Crippen MR) is 53.3 cm³/mol. The molecule has 0 radical (unpaired) electrons. The number of hydrogen-bond donors (Lipinski definition) is 1. The monoisotopic (exact) mass is 197 g/mol. The second kappa shape index (κ2) is 4.15. The molecule has 0 spiro atoms. The Morgan fingerprint density at radius 3 is 2.92 bits per heavy atom. The van der Waals surface area contributed by atoms with Crippen molar-refractivity contribution in [2.75, 3.05) is 5.32 Å². The van der Waals surface area contributed by atoms with E-state index < -0.39 is 0 Å². The first-order valence-corrected chi connectivity index (χ1v) is 4.19. The summed E-state index contributed by atoms with van der Waals surface area (Å²) in [4.78, 5) is 0. The number of hydrogen-bond acceptors (Lipinski definition) is 1. The molecule has 1 atom stereocenters. The van der Waals surface area contributed by atoms with Crippen LogP contribution in [0.1, 0.15) is 6.92 Å². The van der Waals surface area contributed by atoms with Gasteiger partial charge in [-0.2, -0.15) is 0 Å². The molecule has 0 heterocycles. The van der Waals surface area contributed by atoms with E-state index in [2.05, 4.69) is 11.2 Å². The molecule has 0 aliphatic carbocycles. The Balaban J connectivity index is 2.88. The molecule has 1 N–H and O–H groups in total. The molecule has 1 aromatic carbocycles. The van der Waals surface area contributed by atoms with Crippen LogP contribution in [-0.4, -0.2) is 6.04 Å². The van der Waals surface area contributed by atoms with Crippen molar-refractivity contribution in [3.63, 3.8) is 0 Å². The van der Waals surface area contributed by atoms with Crippen LogP contribution in [0, 0.1) is 18.2 Å². The summed E-state index contributed by atoms with van der Waals surface area (Å²) in [5.41, 5.74) is 0.520. The van der Waals surface area contributed by atoms with Gasteiger partial charge in [0.25, 0.3) is 0 Å². The van der Waals surface area contributed by atoms with Crippen molar-refractivity contribution < 1.29 is 4.39 Å². The maximum absolute atomic E-state index is 12.8. The normalized spacial score (nSPS) is 11.8. The maximum atomic E-state index is 12.8. The third kappa shape index (κ3) is 2.64. The first-order chi connectivity index (χ1) is 6.13. The molecule has 1 unspecified atom stereocenters. The molecule has 0 aliphatic rings. The fourth-order valence-electron chi connectivity index (χ4n) is 0.883. The summed E-state index contributed by atoms with van der Waals surface area (Å²) in [6.07, 6.45) is 5.16. The van der Waals surface area contributed by atoms with Crippen molar-refractivity contribution in [2.45, 2.75) is 13.0 Å². The van der Waals surface area contributed by atoms with Crippen molar-refractivity contribution in [3.8, 4) is 12.3 Å². The highest BCUT2D eigenvalue weighted by atomic mass is 35.5. The van der Waals surface area contributed by atoms with Gasteiger partial charge in [-0.1, -0.05) is 17.5 Å². The summed E-state index contributed by atoms with van der Waals surface area (Å²) >= 11 is 5.80. The van der Waals surface area contributed by atoms with Crippen LogP contribution in [-0.2, 0) is 0 Å². The van der Waals surface area contributed by atoms with Gasteiger partial charge >= 0.3 is 0 Å². The van der Waals surface area contributed by atoms with Crippen molar-refractivity contribution in [3.05, 3.63) is 29.0 Å². The molecule has 0 bridgehead atoms. The van der Waals surface area contributed by atoms with Crippen molar-refractivity contribution in [1.29, 1.82) is 0 Å². The molecule has 0 aliphatic heterocycles. The van der Waals surface area contributed by atoms with Crippen LogP contribution >= 0.6 is 11.6 Å². The summed E-state index contributed by atoms with van der Waals surface area (Å²) in [5, 5.41) is 3.35. The summed E-state index contributed by atoms with van der Waals surface area (Å²) in [7, 11) is 0. The third-order valence-corrected chi connectivity index (χ3v) is 1.88. The Kier molecular flexibility index (Phi) is 3.16. The Labute approximate surface area is 81.9 Å². The van der Waals surface area contributed by atoms with E-state index in [1.54, 1.807) is 6.92 Å². The molecule has 1 aromatic rings. The summed E-state index contributed by atoms with van der Waals surface area (Å²) < 4.78 is 12.8. The lowest BCUT2D eigenvalue weighted by Gasteiger charge is -2.10. The van der Waals surface area contributed by atoms with E-state index in [9.17, 15) is 4.39 Å². The van der Waals surface area contributed by atoms with Crippen LogP contribution in [0.3, 0.4) is 0 Å². The van der Waals surface area contributed by atoms with E-state index in [1.165, 1.54) is 18.2 Å². The zero-order valence-electron chi connectivity index (χ0n) is 7.14. The Bertz CT molecular complexity index is 343. The lowest BCUT2D eigenvalue weighted by Crippen LogP contribution is -2.12. The number of anilines is 1. The average molecular weight is 198 g/mol. The number of halogens is 2. The molecule has 0 saturated heterocycles. The molecule has 0 fully saturated rings. The van der Waals surface area contributed by atoms with E-state index in [1.807, 2.05) is 0 Å². The minimum atomic E-state index is -0.337.